The molecule has 1 aromatic rings. The Hall–Kier alpha value is -0.410. The predicted octanol–water partition coefficient (Wildman–Crippen LogP) is 4.18. The Labute approximate surface area is 125 Å². The van der Waals surface area contributed by atoms with E-state index in [1.165, 1.54) is 18.5 Å². The quantitative estimate of drug-likeness (QED) is 0.886. The van der Waals surface area contributed by atoms with Crippen LogP contribution in [0.3, 0.4) is 0 Å². The summed E-state index contributed by atoms with van der Waals surface area (Å²) in [6, 6.07) is 4.51. The lowest BCUT2D eigenvalue weighted by Gasteiger charge is -2.40. The van der Waals surface area contributed by atoms with E-state index in [0.29, 0.717) is 17.4 Å². The minimum atomic E-state index is 0.337. The van der Waals surface area contributed by atoms with Crippen LogP contribution < -0.4 is 5.73 Å². The maximum Gasteiger partial charge on any atom is 0.0413 e. The molecule has 19 heavy (non-hydrogen) atoms. The van der Waals surface area contributed by atoms with Gasteiger partial charge in [-0.15, -0.1) is 0 Å². The van der Waals surface area contributed by atoms with Crippen molar-refractivity contribution in [2.75, 3.05) is 0 Å². The van der Waals surface area contributed by atoms with Gasteiger partial charge in [-0.2, -0.15) is 0 Å². The zero-order valence-corrected chi connectivity index (χ0v) is 13.8. The highest BCUT2D eigenvalue weighted by atomic mass is 79.9. The second-order valence-corrected chi connectivity index (χ2v) is 7.89. The third-order valence-electron chi connectivity index (χ3n) is 4.53. The van der Waals surface area contributed by atoms with E-state index in [1.807, 2.05) is 6.20 Å². The molecule has 1 aliphatic carbocycles. The molecule has 0 saturated heterocycles. The Bertz CT molecular complexity index is 408. The van der Waals surface area contributed by atoms with Gasteiger partial charge in [-0.05, 0) is 71.0 Å². The summed E-state index contributed by atoms with van der Waals surface area (Å²) in [5.74, 6) is 1.36. The maximum atomic E-state index is 6.33. The van der Waals surface area contributed by atoms with Crippen LogP contribution in [0.15, 0.2) is 22.8 Å². The first-order valence-corrected chi connectivity index (χ1v) is 8.01. The Morgan fingerprint density at radius 3 is 2.63 bits per heavy atom. The molecule has 0 spiro atoms. The molecule has 3 atom stereocenters. The molecule has 0 aliphatic heterocycles. The van der Waals surface area contributed by atoms with E-state index in [1.54, 1.807) is 0 Å². The molecule has 2 rings (SSSR count). The fourth-order valence-electron chi connectivity index (χ4n) is 3.10. The lowest BCUT2D eigenvalue weighted by Crippen LogP contribution is -2.40. The van der Waals surface area contributed by atoms with Crippen molar-refractivity contribution in [1.82, 2.24) is 4.98 Å². The van der Waals surface area contributed by atoms with E-state index in [9.17, 15) is 0 Å². The monoisotopic (exact) mass is 324 g/mol. The average molecular weight is 325 g/mol. The highest BCUT2D eigenvalue weighted by molar-refractivity contribution is 9.10. The number of nitrogens with two attached hydrogens (primary N) is 1. The maximum absolute atomic E-state index is 6.33. The van der Waals surface area contributed by atoms with Crippen LogP contribution in [0, 0.1) is 17.3 Å². The molecule has 1 aliphatic rings. The van der Waals surface area contributed by atoms with Gasteiger partial charge in [-0.25, -0.2) is 0 Å². The number of rotatable bonds is 2. The number of aromatic nitrogens is 1. The second-order valence-electron chi connectivity index (χ2n) is 6.97. The molecule has 1 fully saturated rings. The molecule has 2 nitrogen and oxygen atoms in total. The normalized spacial score (nSPS) is 28.4. The summed E-state index contributed by atoms with van der Waals surface area (Å²) in [5.41, 5.74) is 7.88. The van der Waals surface area contributed by atoms with Crippen LogP contribution in [0.1, 0.15) is 45.7 Å². The first-order valence-electron chi connectivity index (χ1n) is 7.22. The van der Waals surface area contributed by atoms with Crippen molar-refractivity contribution in [3.8, 4) is 0 Å². The second kappa shape index (κ2) is 5.92. The summed E-state index contributed by atoms with van der Waals surface area (Å²) in [5, 5.41) is 0. The third-order valence-corrected chi connectivity index (χ3v) is 5.00. The molecular formula is C16H25BrN2. The number of nitrogens with zero attached hydrogens (tertiary/aromatic N) is 1. The molecule has 0 aromatic carbocycles. The van der Waals surface area contributed by atoms with Crippen LogP contribution in [-0.4, -0.2) is 11.0 Å². The molecule has 2 N–H and O–H groups in total. The summed E-state index contributed by atoms with van der Waals surface area (Å²) in [4.78, 5) is 4.49. The van der Waals surface area contributed by atoms with Gasteiger partial charge in [0.25, 0.3) is 0 Å². The molecule has 0 radical (unpaired) electrons. The van der Waals surface area contributed by atoms with Crippen LogP contribution >= 0.6 is 15.9 Å². The topological polar surface area (TPSA) is 38.9 Å². The van der Waals surface area contributed by atoms with Crippen molar-refractivity contribution < 1.29 is 0 Å². The van der Waals surface area contributed by atoms with E-state index in [2.05, 4.69) is 53.8 Å². The molecule has 106 valence electrons. The smallest absolute Gasteiger partial charge is 0.0413 e. The SMILES string of the molecule is CC(C)(C)C1CCC(N)C(Cc2ccc(Br)cn2)C1. The van der Waals surface area contributed by atoms with Gasteiger partial charge >= 0.3 is 0 Å². The van der Waals surface area contributed by atoms with Crippen molar-refractivity contribution in [2.45, 2.75) is 52.5 Å². The van der Waals surface area contributed by atoms with Crippen molar-refractivity contribution in [3.63, 3.8) is 0 Å². The molecular weight excluding hydrogens is 300 g/mol. The van der Waals surface area contributed by atoms with Gasteiger partial charge in [0.15, 0.2) is 0 Å². The summed E-state index contributed by atoms with van der Waals surface area (Å²) in [6.45, 7) is 7.05. The first kappa shape index (κ1) is 15.0. The van der Waals surface area contributed by atoms with Crippen molar-refractivity contribution in [1.29, 1.82) is 0 Å². The number of hydrogen-bond acceptors (Lipinski definition) is 2. The van der Waals surface area contributed by atoms with Gasteiger partial charge in [0, 0.05) is 22.4 Å². The standard InChI is InChI=1S/C16H25BrN2/c1-16(2,3)12-4-7-15(18)11(8-12)9-14-6-5-13(17)10-19-14/h5-6,10-12,15H,4,7-9,18H2,1-3H3. The Balaban J connectivity index is 2.03. The van der Waals surface area contributed by atoms with Crippen molar-refractivity contribution in [3.05, 3.63) is 28.5 Å². The molecule has 1 aromatic heterocycles. The van der Waals surface area contributed by atoms with Crippen LogP contribution in [-0.2, 0) is 6.42 Å². The molecule has 3 heteroatoms. The first-order chi connectivity index (χ1) is 8.86. The summed E-state index contributed by atoms with van der Waals surface area (Å²) in [7, 11) is 0. The highest BCUT2D eigenvalue weighted by Crippen LogP contribution is 2.40. The number of halogens is 1. The van der Waals surface area contributed by atoms with E-state index in [4.69, 9.17) is 5.73 Å². The zero-order chi connectivity index (χ0) is 14.0. The third kappa shape index (κ3) is 4.03. The van der Waals surface area contributed by atoms with Crippen LogP contribution in [0.5, 0.6) is 0 Å². The lowest BCUT2D eigenvalue weighted by molar-refractivity contribution is 0.126. The van der Waals surface area contributed by atoms with Gasteiger partial charge in [0.05, 0.1) is 0 Å². The molecule has 1 heterocycles. The minimum Gasteiger partial charge on any atom is -0.327 e. The van der Waals surface area contributed by atoms with E-state index in [0.717, 1.165) is 23.2 Å². The van der Waals surface area contributed by atoms with E-state index < -0.39 is 0 Å². The van der Waals surface area contributed by atoms with Gasteiger partial charge in [-0.3, -0.25) is 4.98 Å². The molecule has 0 bridgehead atoms. The number of pyridine rings is 1. The van der Waals surface area contributed by atoms with Gasteiger partial charge < -0.3 is 5.73 Å². The van der Waals surface area contributed by atoms with Crippen LogP contribution in [0.4, 0.5) is 0 Å². The van der Waals surface area contributed by atoms with E-state index >= 15 is 0 Å². The fraction of sp³-hybridized carbons (Fsp3) is 0.688. The van der Waals surface area contributed by atoms with Crippen LogP contribution in [0.25, 0.3) is 0 Å². The molecule has 3 unspecified atom stereocenters. The molecule has 0 amide bonds. The molecule has 1 saturated carbocycles. The van der Waals surface area contributed by atoms with E-state index in [-0.39, 0.29) is 0 Å². The zero-order valence-electron chi connectivity index (χ0n) is 12.2. The summed E-state index contributed by atoms with van der Waals surface area (Å²) in [6.07, 6.45) is 6.56. The highest BCUT2D eigenvalue weighted by Gasteiger charge is 2.34. The minimum absolute atomic E-state index is 0.337. The fourth-order valence-corrected chi connectivity index (χ4v) is 3.34. The number of hydrogen-bond donors (Lipinski definition) is 1. The average Bonchev–Trinajstić information content (AvgIpc) is 2.33. The van der Waals surface area contributed by atoms with Gasteiger partial charge in [0.1, 0.15) is 0 Å². The van der Waals surface area contributed by atoms with Gasteiger partial charge in [-0.1, -0.05) is 20.8 Å². The Morgan fingerprint density at radius 1 is 1.32 bits per heavy atom. The summed E-state index contributed by atoms with van der Waals surface area (Å²) >= 11 is 3.43. The van der Waals surface area contributed by atoms with Crippen molar-refractivity contribution in [2.24, 2.45) is 23.0 Å². The largest absolute Gasteiger partial charge is 0.327 e. The Morgan fingerprint density at radius 2 is 2.05 bits per heavy atom. The predicted molar refractivity (Wildman–Crippen MR) is 83.9 cm³/mol. The lowest BCUT2D eigenvalue weighted by atomic mass is 9.67. The summed E-state index contributed by atoms with van der Waals surface area (Å²) < 4.78 is 1.04. The van der Waals surface area contributed by atoms with Crippen molar-refractivity contribution >= 4 is 15.9 Å². The van der Waals surface area contributed by atoms with Gasteiger partial charge in [0.2, 0.25) is 0 Å². The Kier molecular flexibility index (Phi) is 4.67. The van der Waals surface area contributed by atoms with Crippen LogP contribution in [0.2, 0.25) is 0 Å².